The molecular formula is C17H27NO2. The lowest BCUT2D eigenvalue weighted by Gasteiger charge is -2.29. The number of hydrogen-bond donors (Lipinski definition) is 1. The summed E-state index contributed by atoms with van der Waals surface area (Å²) >= 11 is 0. The van der Waals surface area contributed by atoms with Gasteiger partial charge in [0.2, 0.25) is 0 Å². The predicted molar refractivity (Wildman–Crippen MR) is 82.5 cm³/mol. The molecule has 0 radical (unpaired) electrons. The molecule has 1 fully saturated rings. The highest BCUT2D eigenvalue weighted by Gasteiger charge is 2.28. The van der Waals surface area contributed by atoms with Gasteiger partial charge in [0.25, 0.3) is 0 Å². The maximum Gasteiger partial charge on any atom is 0.160 e. The number of ether oxygens (including phenoxy) is 2. The minimum absolute atomic E-state index is 0.242. The molecule has 1 saturated carbocycles. The van der Waals surface area contributed by atoms with E-state index in [1.165, 1.54) is 37.7 Å². The monoisotopic (exact) mass is 277 g/mol. The van der Waals surface area contributed by atoms with E-state index in [-0.39, 0.29) is 6.04 Å². The van der Waals surface area contributed by atoms with E-state index >= 15 is 0 Å². The van der Waals surface area contributed by atoms with Crippen molar-refractivity contribution in [3.8, 4) is 11.5 Å². The number of benzene rings is 1. The number of methoxy groups -OCH3 is 2. The van der Waals surface area contributed by atoms with E-state index < -0.39 is 0 Å². The standard InChI is InChI=1S/C17H27NO2/c1-12(18)14-7-5-4-6-8-15(14)13-9-10-16(19-2)17(11-13)20-3/h9-12,14-15H,4-8,18H2,1-3H3. The van der Waals surface area contributed by atoms with Crippen molar-refractivity contribution in [2.45, 2.75) is 51.0 Å². The van der Waals surface area contributed by atoms with Gasteiger partial charge in [0, 0.05) is 6.04 Å². The van der Waals surface area contributed by atoms with Crippen molar-refractivity contribution >= 4 is 0 Å². The van der Waals surface area contributed by atoms with Crippen LogP contribution in [-0.2, 0) is 0 Å². The average molecular weight is 277 g/mol. The first kappa shape index (κ1) is 15.2. The van der Waals surface area contributed by atoms with E-state index in [9.17, 15) is 0 Å². The summed E-state index contributed by atoms with van der Waals surface area (Å²) in [6.45, 7) is 2.14. The molecule has 1 aromatic rings. The Labute approximate surface area is 122 Å². The van der Waals surface area contributed by atoms with Gasteiger partial charge in [-0.05, 0) is 49.3 Å². The summed E-state index contributed by atoms with van der Waals surface area (Å²) in [4.78, 5) is 0. The Kier molecular flexibility index (Phi) is 5.30. The number of rotatable bonds is 4. The van der Waals surface area contributed by atoms with Crippen molar-refractivity contribution in [3.05, 3.63) is 23.8 Å². The molecule has 3 heteroatoms. The highest BCUT2D eigenvalue weighted by atomic mass is 16.5. The van der Waals surface area contributed by atoms with Crippen LogP contribution in [0.1, 0.15) is 50.5 Å². The normalized spacial score (nSPS) is 24.8. The van der Waals surface area contributed by atoms with Crippen molar-refractivity contribution in [2.24, 2.45) is 11.7 Å². The number of hydrogen-bond acceptors (Lipinski definition) is 3. The van der Waals surface area contributed by atoms with Crippen molar-refractivity contribution in [2.75, 3.05) is 14.2 Å². The summed E-state index contributed by atoms with van der Waals surface area (Å²) in [5.74, 6) is 2.72. The van der Waals surface area contributed by atoms with Gasteiger partial charge in [-0.2, -0.15) is 0 Å². The first-order valence-corrected chi connectivity index (χ1v) is 7.65. The Hall–Kier alpha value is -1.22. The molecule has 0 amide bonds. The molecule has 2 rings (SSSR count). The average Bonchev–Trinajstić information content (AvgIpc) is 2.72. The van der Waals surface area contributed by atoms with Crippen LogP contribution in [0.15, 0.2) is 18.2 Å². The minimum atomic E-state index is 0.242. The molecule has 3 unspecified atom stereocenters. The quantitative estimate of drug-likeness (QED) is 0.853. The number of nitrogens with two attached hydrogens (primary N) is 1. The van der Waals surface area contributed by atoms with Crippen LogP contribution in [-0.4, -0.2) is 20.3 Å². The van der Waals surface area contributed by atoms with Crippen LogP contribution >= 0.6 is 0 Å². The zero-order chi connectivity index (χ0) is 14.5. The second-order valence-corrected chi connectivity index (χ2v) is 5.88. The zero-order valence-corrected chi connectivity index (χ0v) is 12.9. The van der Waals surface area contributed by atoms with E-state index in [2.05, 4.69) is 19.1 Å². The molecule has 0 bridgehead atoms. The smallest absolute Gasteiger partial charge is 0.160 e. The van der Waals surface area contributed by atoms with Crippen LogP contribution in [0, 0.1) is 5.92 Å². The second-order valence-electron chi connectivity index (χ2n) is 5.88. The summed E-state index contributed by atoms with van der Waals surface area (Å²) in [6.07, 6.45) is 6.38. The second kappa shape index (κ2) is 6.98. The van der Waals surface area contributed by atoms with Gasteiger partial charge in [-0.25, -0.2) is 0 Å². The molecule has 3 nitrogen and oxygen atoms in total. The Morgan fingerprint density at radius 3 is 2.40 bits per heavy atom. The molecule has 2 N–H and O–H groups in total. The highest BCUT2D eigenvalue weighted by Crippen LogP contribution is 2.40. The van der Waals surface area contributed by atoms with E-state index in [0.717, 1.165) is 11.5 Å². The predicted octanol–water partition coefficient (Wildman–Crippen LogP) is 3.71. The van der Waals surface area contributed by atoms with E-state index in [1.54, 1.807) is 14.2 Å². The Morgan fingerprint density at radius 1 is 1.05 bits per heavy atom. The molecule has 1 aromatic carbocycles. The Bertz CT molecular complexity index is 431. The summed E-state index contributed by atoms with van der Waals surface area (Å²) in [5, 5.41) is 0. The lowest BCUT2D eigenvalue weighted by Crippen LogP contribution is -2.31. The largest absolute Gasteiger partial charge is 0.493 e. The summed E-state index contributed by atoms with van der Waals surface area (Å²) in [6, 6.07) is 6.56. The lowest BCUT2D eigenvalue weighted by atomic mass is 9.79. The van der Waals surface area contributed by atoms with Gasteiger partial charge in [-0.15, -0.1) is 0 Å². The molecular weight excluding hydrogens is 250 g/mol. The molecule has 3 atom stereocenters. The molecule has 0 spiro atoms. The van der Waals surface area contributed by atoms with Gasteiger partial charge in [-0.3, -0.25) is 0 Å². The molecule has 1 aliphatic carbocycles. The van der Waals surface area contributed by atoms with E-state index in [4.69, 9.17) is 15.2 Å². The van der Waals surface area contributed by atoms with Gasteiger partial charge in [0.1, 0.15) is 0 Å². The van der Waals surface area contributed by atoms with Crippen molar-refractivity contribution < 1.29 is 9.47 Å². The van der Waals surface area contributed by atoms with Crippen molar-refractivity contribution in [1.82, 2.24) is 0 Å². The third-order valence-corrected chi connectivity index (χ3v) is 4.58. The summed E-state index contributed by atoms with van der Waals surface area (Å²) in [5.41, 5.74) is 7.57. The fraction of sp³-hybridized carbons (Fsp3) is 0.647. The van der Waals surface area contributed by atoms with Crippen LogP contribution in [0.4, 0.5) is 0 Å². The van der Waals surface area contributed by atoms with Gasteiger partial charge in [0.15, 0.2) is 11.5 Å². The van der Waals surface area contributed by atoms with Gasteiger partial charge >= 0.3 is 0 Å². The van der Waals surface area contributed by atoms with Crippen LogP contribution in [0.5, 0.6) is 11.5 Å². The molecule has 20 heavy (non-hydrogen) atoms. The first-order chi connectivity index (χ1) is 9.67. The molecule has 0 heterocycles. The topological polar surface area (TPSA) is 44.5 Å². The van der Waals surface area contributed by atoms with Gasteiger partial charge < -0.3 is 15.2 Å². The zero-order valence-electron chi connectivity index (χ0n) is 12.9. The molecule has 1 aliphatic rings. The van der Waals surface area contributed by atoms with Crippen LogP contribution in [0.2, 0.25) is 0 Å². The highest BCUT2D eigenvalue weighted by molar-refractivity contribution is 5.44. The fourth-order valence-electron chi connectivity index (χ4n) is 3.46. The first-order valence-electron chi connectivity index (χ1n) is 7.65. The van der Waals surface area contributed by atoms with Crippen molar-refractivity contribution in [3.63, 3.8) is 0 Å². The Morgan fingerprint density at radius 2 is 1.75 bits per heavy atom. The van der Waals surface area contributed by atoms with Gasteiger partial charge in [-0.1, -0.05) is 25.3 Å². The van der Waals surface area contributed by atoms with Crippen LogP contribution in [0.3, 0.4) is 0 Å². The molecule has 0 saturated heterocycles. The molecule has 0 aliphatic heterocycles. The Balaban J connectivity index is 2.31. The summed E-state index contributed by atoms with van der Waals surface area (Å²) < 4.78 is 10.8. The summed E-state index contributed by atoms with van der Waals surface area (Å²) in [7, 11) is 3.37. The van der Waals surface area contributed by atoms with E-state index in [0.29, 0.717) is 11.8 Å². The molecule has 112 valence electrons. The van der Waals surface area contributed by atoms with Gasteiger partial charge in [0.05, 0.1) is 14.2 Å². The maximum absolute atomic E-state index is 6.24. The lowest BCUT2D eigenvalue weighted by molar-refractivity contribution is 0.337. The maximum atomic E-state index is 6.24. The third-order valence-electron chi connectivity index (χ3n) is 4.58. The SMILES string of the molecule is COc1ccc(C2CCCCCC2C(C)N)cc1OC. The van der Waals surface area contributed by atoms with Crippen molar-refractivity contribution in [1.29, 1.82) is 0 Å². The van der Waals surface area contributed by atoms with Crippen LogP contribution in [0.25, 0.3) is 0 Å². The third kappa shape index (κ3) is 3.26. The minimum Gasteiger partial charge on any atom is -0.493 e. The molecule has 0 aromatic heterocycles. The fourth-order valence-corrected chi connectivity index (χ4v) is 3.46. The van der Waals surface area contributed by atoms with Crippen LogP contribution < -0.4 is 15.2 Å². The van der Waals surface area contributed by atoms with E-state index in [1.807, 2.05) is 6.07 Å².